The summed E-state index contributed by atoms with van der Waals surface area (Å²) in [5.74, 6) is -4.23. The van der Waals surface area contributed by atoms with Crippen molar-refractivity contribution in [3.63, 3.8) is 0 Å². The molecule has 0 spiro atoms. The molecule has 0 amide bonds. The van der Waals surface area contributed by atoms with Gasteiger partial charge in [0.15, 0.2) is 5.92 Å². The molecule has 0 aromatic heterocycles. The SMILES string of the molecule is O=C(O)C(C(=O)O)c1cccc2ccccc12. The van der Waals surface area contributed by atoms with E-state index in [0.29, 0.717) is 10.9 Å². The zero-order valence-electron chi connectivity index (χ0n) is 8.83. The van der Waals surface area contributed by atoms with Crippen molar-refractivity contribution < 1.29 is 19.8 Å². The number of benzene rings is 2. The van der Waals surface area contributed by atoms with E-state index in [-0.39, 0.29) is 0 Å². The molecule has 0 aliphatic heterocycles. The number of carbonyl (C=O) groups is 2. The predicted octanol–water partition coefficient (Wildman–Crippen LogP) is 2.09. The Hall–Kier alpha value is -2.36. The Bertz CT molecular complexity index is 569. The number of aliphatic carboxylic acids is 2. The van der Waals surface area contributed by atoms with Gasteiger partial charge in [0.1, 0.15) is 0 Å². The molecule has 2 N–H and O–H groups in total. The Labute approximate surface area is 97.1 Å². The van der Waals surface area contributed by atoms with Gasteiger partial charge < -0.3 is 10.2 Å². The molecule has 2 aromatic carbocycles. The Morgan fingerprint density at radius 3 is 2.12 bits per heavy atom. The predicted molar refractivity (Wildman–Crippen MR) is 62.0 cm³/mol. The Morgan fingerprint density at radius 2 is 1.47 bits per heavy atom. The number of fused-ring (bicyclic) bond motifs is 1. The molecule has 4 nitrogen and oxygen atoms in total. The van der Waals surface area contributed by atoms with E-state index in [0.717, 1.165) is 5.39 Å². The number of carboxylic acids is 2. The van der Waals surface area contributed by atoms with Gasteiger partial charge in [-0.05, 0) is 16.3 Å². The monoisotopic (exact) mass is 230 g/mol. The highest BCUT2D eigenvalue weighted by Gasteiger charge is 2.29. The molecule has 0 unspecified atom stereocenters. The summed E-state index contributed by atoms with van der Waals surface area (Å²) < 4.78 is 0. The molecule has 2 rings (SSSR count). The van der Waals surface area contributed by atoms with Crippen LogP contribution in [0.25, 0.3) is 10.8 Å². The fourth-order valence-electron chi connectivity index (χ4n) is 1.87. The number of hydrogen-bond acceptors (Lipinski definition) is 2. The van der Waals surface area contributed by atoms with Crippen LogP contribution in [0.2, 0.25) is 0 Å². The zero-order chi connectivity index (χ0) is 12.4. The van der Waals surface area contributed by atoms with E-state index in [2.05, 4.69) is 0 Å². The van der Waals surface area contributed by atoms with Crippen molar-refractivity contribution in [2.75, 3.05) is 0 Å². The molecule has 0 heterocycles. The molecular formula is C13H10O4. The van der Waals surface area contributed by atoms with Crippen molar-refractivity contribution in [1.82, 2.24) is 0 Å². The normalized spacial score (nSPS) is 10.6. The third-order valence-electron chi connectivity index (χ3n) is 2.63. The van der Waals surface area contributed by atoms with Crippen LogP contribution in [0.3, 0.4) is 0 Å². The molecule has 0 atom stereocenters. The van der Waals surface area contributed by atoms with Crippen LogP contribution in [-0.2, 0) is 9.59 Å². The molecule has 0 radical (unpaired) electrons. The molecular weight excluding hydrogens is 220 g/mol. The molecule has 2 aromatic rings. The van der Waals surface area contributed by atoms with Crippen LogP contribution in [0.5, 0.6) is 0 Å². The highest BCUT2D eigenvalue weighted by molar-refractivity contribution is 6.03. The van der Waals surface area contributed by atoms with Crippen molar-refractivity contribution in [2.24, 2.45) is 0 Å². The van der Waals surface area contributed by atoms with Gasteiger partial charge in [-0.1, -0.05) is 42.5 Å². The third kappa shape index (κ3) is 1.97. The Balaban J connectivity index is 2.69. The maximum absolute atomic E-state index is 11.0. The van der Waals surface area contributed by atoms with Gasteiger partial charge >= 0.3 is 11.9 Å². The average molecular weight is 230 g/mol. The van der Waals surface area contributed by atoms with Crippen molar-refractivity contribution in [3.8, 4) is 0 Å². The molecule has 0 fully saturated rings. The molecule has 0 bridgehead atoms. The van der Waals surface area contributed by atoms with Crippen LogP contribution in [0.1, 0.15) is 11.5 Å². The third-order valence-corrected chi connectivity index (χ3v) is 2.63. The highest BCUT2D eigenvalue weighted by Crippen LogP contribution is 2.26. The fourth-order valence-corrected chi connectivity index (χ4v) is 1.87. The van der Waals surface area contributed by atoms with E-state index < -0.39 is 17.9 Å². The summed E-state index contributed by atoms with van der Waals surface area (Å²) in [5, 5.41) is 19.4. The highest BCUT2D eigenvalue weighted by atomic mass is 16.4. The standard InChI is InChI=1S/C13H10O4/c14-12(15)11(13(16)17)10-7-3-5-8-4-1-2-6-9(8)10/h1-7,11H,(H,14,15)(H,16,17). The van der Waals surface area contributed by atoms with E-state index in [1.54, 1.807) is 18.2 Å². The molecule has 17 heavy (non-hydrogen) atoms. The van der Waals surface area contributed by atoms with Crippen LogP contribution in [0.15, 0.2) is 42.5 Å². The van der Waals surface area contributed by atoms with Crippen LogP contribution in [0.4, 0.5) is 0 Å². The second-order valence-electron chi connectivity index (χ2n) is 3.68. The van der Waals surface area contributed by atoms with Gasteiger partial charge in [-0.25, -0.2) is 0 Å². The summed E-state index contributed by atoms with van der Waals surface area (Å²) in [4.78, 5) is 22.0. The number of rotatable bonds is 3. The summed E-state index contributed by atoms with van der Waals surface area (Å²) in [6.07, 6.45) is 0. The topological polar surface area (TPSA) is 74.6 Å². The van der Waals surface area contributed by atoms with Gasteiger partial charge in [0, 0.05) is 0 Å². The van der Waals surface area contributed by atoms with Crippen LogP contribution >= 0.6 is 0 Å². The Morgan fingerprint density at radius 1 is 0.882 bits per heavy atom. The summed E-state index contributed by atoms with van der Waals surface area (Å²) >= 11 is 0. The zero-order valence-corrected chi connectivity index (χ0v) is 8.83. The number of hydrogen-bond donors (Lipinski definition) is 2. The lowest BCUT2D eigenvalue weighted by molar-refractivity contribution is -0.149. The van der Waals surface area contributed by atoms with E-state index >= 15 is 0 Å². The second kappa shape index (κ2) is 4.25. The molecule has 0 aliphatic carbocycles. The summed E-state index contributed by atoms with van der Waals surface area (Å²) in [5.41, 5.74) is 0.308. The van der Waals surface area contributed by atoms with Gasteiger partial charge in [0.2, 0.25) is 0 Å². The first-order chi connectivity index (χ1) is 8.11. The smallest absolute Gasteiger partial charge is 0.322 e. The second-order valence-corrected chi connectivity index (χ2v) is 3.68. The van der Waals surface area contributed by atoms with Crippen molar-refractivity contribution in [2.45, 2.75) is 5.92 Å². The molecule has 0 saturated heterocycles. The van der Waals surface area contributed by atoms with Crippen molar-refractivity contribution in [3.05, 3.63) is 48.0 Å². The first kappa shape index (κ1) is 11.1. The lowest BCUT2D eigenvalue weighted by atomic mass is 9.93. The minimum Gasteiger partial charge on any atom is -0.480 e. The minimum absolute atomic E-state index is 0.308. The van der Waals surface area contributed by atoms with E-state index in [1.807, 2.05) is 18.2 Å². The Kier molecular flexibility index (Phi) is 2.78. The van der Waals surface area contributed by atoms with E-state index in [1.165, 1.54) is 6.07 Å². The summed E-state index contributed by atoms with van der Waals surface area (Å²) in [6, 6.07) is 12.1. The van der Waals surface area contributed by atoms with E-state index in [9.17, 15) is 9.59 Å². The maximum atomic E-state index is 11.0. The molecule has 0 saturated carbocycles. The minimum atomic E-state index is -1.53. The van der Waals surface area contributed by atoms with Gasteiger partial charge in [0.25, 0.3) is 0 Å². The largest absolute Gasteiger partial charge is 0.480 e. The van der Waals surface area contributed by atoms with Crippen LogP contribution in [0, 0.1) is 0 Å². The van der Waals surface area contributed by atoms with Crippen LogP contribution < -0.4 is 0 Å². The fraction of sp³-hybridized carbons (Fsp3) is 0.0769. The average Bonchev–Trinajstić information content (AvgIpc) is 2.28. The first-order valence-electron chi connectivity index (χ1n) is 5.04. The van der Waals surface area contributed by atoms with Crippen molar-refractivity contribution in [1.29, 1.82) is 0 Å². The number of carboxylic acid groups (broad SMARTS) is 2. The molecule has 0 aliphatic rings. The van der Waals surface area contributed by atoms with Crippen molar-refractivity contribution >= 4 is 22.7 Å². The van der Waals surface area contributed by atoms with Gasteiger partial charge in [-0.15, -0.1) is 0 Å². The molecule has 4 heteroatoms. The first-order valence-corrected chi connectivity index (χ1v) is 5.04. The lowest BCUT2D eigenvalue weighted by Crippen LogP contribution is -2.21. The summed E-state index contributed by atoms with van der Waals surface area (Å²) in [6.45, 7) is 0. The van der Waals surface area contributed by atoms with Gasteiger partial charge in [-0.2, -0.15) is 0 Å². The van der Waals surface area contributed by atoms with Gasteiger partial charge in [-0.3, -0.25) is 9.59 Å². The summed E-state index contributed by atoms with van der Waals surface area (Å²) in [7, 11) is 0. The maximum Gasteiger partial charge on any atom is 0.322 e. The van der Waals surface area contributed by atoms with Crippen LogP contribution in [-0.4, -0.2) is 22.2 Å². The molecule has 86 valence electrons. The quantitative estimate of drug-likeness (QED) is 0.792. The van der Waals surface area contributed by atoms with E-state index in [4.69, 9.17) is 10.2 Å². The lowest BCUT2D eigenvalue weighted by Gasteiger charge is -2.10. The van der Waals surface area contributed by atoms with Gasteiger partial charge in [0.05, 0.1) is 0 Å².